The maximum Gasteiger partial charge on any atom is 0.271 e. The minimum Gasteiger partial charge on any atom is -0.324 e. The zero-order valence-corrected chi connectivity index (χ0v) is 15.2. The van der Waals surface area contributed by atoms with Crippen LogP contribution < -0.4 is 10.6 Å². The molecule has 0 aromatic heterocycles. The third kappa shape index (κ3) is 5.16. The summed E-state index contributed by atoms with van der Waals surface area (Å²) < 4.78 is 0. The molecule has 0 saturated carbocycles. The number of amides is 1. The molecular formula is C17H17Cl2N3O3. The molecule has 0 bridgehead atoms. The van der Waals surface area contributed by atoms with Gasteiger partial charge < -0.3 is 10.6 Å². The molecule has 2 N–H and O–H groups in total. The van der Waals surface area contributed by atoms with Crippen molar-refractivity contribution in [2.45, 2.75) is 19.9 Å². The van der Waals surface area contributed by atoms with Crippen LogP contribution in [0.25, 0.3) is 0 Å². The van der Waals surface area contributed by atoms with Gasteiger partial charge >= 0.3 is 0 Å². The molecule has 0 spiro atoms. The number of nitrogens with one attached hydrogen (secondary N) is 2. The van der Waals surface area contributed by atoms with Crippen molar-refractivity contribution < 1.29 is 9.72 Å². The Labute approximate surface area is 155 Å². The number of nitrogens with zero attached hydrogens (tertiary/aromatic N) is 1. The number of carbonyl (C=O) groups excluding carboxylic acids is 1. The Kier molecular flexibility index (Phi) is 6.36. The first-order valence-corrected chi connectivity index (χ1v) is 8.26. The van der Waals surface area contributed by atoms with Gasteiger partial charge in [0.1, 0.15) is 0 Å². The van der Waals surface area contributed by atoms with Gasteiger partial charge in [-0.05, 0) is 37.1 Å². The van der Waals surface area contributed by atoms with E-state index in [2.05, 4.69) is 10.6 Å². The fraction of sp³-hybridized carbons (Fsp3) is 0.235. The predicted molar refractivity (Wildman–Crippen MR) is 99.3 cm³/mol. The smallest absolute Gasteiger partial charge is 0.271 e. The number of hydrogen-bond acceptors (Lipinski definition) is 4. The third-order valence-electron chi connectivity index (χ3n) is 3.70. The normalized spacial score (nSPS) is 11.8. The van der Waals surface area contributed by atoms with Gasteiger partial charge in [-0.25, -0.2) is 0 Å². The first-order valence-electron chi connectivity index (χ1n) is 7.51. The van der Waals surface area contributed by atoms with E-state index in [0.29, 0.717) is 15.7 Å². The number of non-ortho nitro benzene ring substituents is 1. The maximum atomic E-state index is 12.1. The average Bonchev–Trinajstić information content (AvgIpc) is 2.54. The topological polar surface area (TPSA) is 84.3 Å². The van der Waals surface area contributed by atoms with Crippen LogP contribution in [0.15, 0.2) is 36.4 Å². The van der Waals surface area contributed by atoms with Crippen LogP contribution in [-0.2, 0) is 4.79 Å². The van der Waals surface area contributed by atoms with E-state index in [9.17, 15) is 14.9 Å². The Hall–Kier alpha value is -2.15. The molecule has 132 valence electrons. The largest absolute Gasteiger partial charge is 0.324 e. The van der Waals surface area contributed by atoms with Gasteiger partial charge in [-0.2, -0.15) is 0 Å². The van der Waals surface area contributed by atoms with E-state index in [1.54, 1.807) is 31.2 Å². The van der Waals surface area contributed by atoms with Gasteiger partial charge in [0.05, 0.1) is 17.2 Å². The molecule has 8 heteroatoms. The zero-order chi connectivity index (χ0) is 18.6. The van der Waals surface area contributed by atoms with Gasteiger partial charge in [0, 0.05) is 28.2 Å². The first kappa shape index (κ1) is 19.2. The third-order valence-corrected chi connectivity index (χ3v) is 4.27. The van der Waals surface area contributed by atoms with Gasteiger partial charge in [-0.1, -0.05) is 35.3 Å². The van der Waals surface area contributed by atoms with Crippen molar-refractivity contribution in [3.8, 4) is 0 Å². The van der Waals surface area contributed by atoms with Crippen LogP contribution in [0.2, 0.25) is 10.0 Å². The Morgan fingerprint density at radius 3 is 2.60 bits per heavy atom. The van der Waals surface area contributed by atoms with E-state index >= 15 is 0 Å². The van der Waals surface area contributed by atoms with Crippen LogP contribution in [0.3, 0.4) is 0 Å². The van der Waals surface area contributed by atoms with Crippen LogP contribution in [0.4, 0.5) is 11.4 Å². The Bertz CT molecular complexity index is 812. The fourth-order valence-corrected chi connectivity index (χ4v) is 2.83. The number of halogens is 2. The summed E-state index contributed by atoms with van der Waals surface area (Å²) in [6.07, 6.45) is 0. The quantitative estimate of drug-likeness (QED) is 0.569. The highest BCUT2D eigenvalue weighted by atomic mass is 35.5. The summed E-state index contributed by atoms with van der Waals surface area (Å²) in [5.41, 5.74) is 1.91. The molecule has 2 aromatic carbocycles. The lowest BCUT2D eigenvalue weighted by molar-refractivity contribution is -0.384. The van der Waals surface area contributed by atoms with Crippen molar-refractivity contribution in [1.82, 2.24) is 5.32 Å². The number of anilines is 1. The fourth-order valence-electron chi connectivity index (χ4n) is 2.26. The molecular weight excluding hydrogens is 365 g/mol. The lowest BCUT2D eigenvalue weighted by Crippen LogP contribution is -2.30. The Balaban J connectivity index is 1.99. The molecule has 2 rings (SSSR count). The number of nitro groups is 1. The van der Waals surface area contributed by atoms with E-state index in [4.69, 9.17) is 23.2 Å². The summed E-state index contributed by atoms with van der Waals surface area (Å²) >= 11 is 12.0. The van der Waals surface area contributed by atoms with Crippen LogP contribution >= 0.6 is 23.2 Å². The lowest BCUT2D eigenvalue weighted by Gasteiger charge is -2.16. The number of rotatable bonds is 6. The molecule has 2 aromatic rings. The van der Waals surface area contributed by atoms with Crippen LogP contribution in [0, 0.1) is 17.0 Å². The van der Waals surface area contributed by atoms with Crippen molar-refractivity contribution in [3.05, 3.63) is 67.7 Å². The van der Waals surface area contributed by atoms with Gasteiger partial charge in [0.25, 0.3) is 5.69 Å². The molecule has 0 heterocycles. The summed E-state index contributed by atoms with van der Waals surface area (Å²) in [5.74, 6) is -0.305. The van der Waals surface area contributed by atoms with Crippen molar-refractivity contribution in [2.24, 2.45) is 0 Å². The number of carbonyl (C=O) groups is 1. The number of nitro benzene ring substituents is 1. The minimum atomic E-state index is -0.502. The minimum absolute atomic E-state index is 0.0300. The SMILES string of the molecule is Cc1ccc([N+](=O)[O-])cc1NC(=O)CN[C@@H](C)c1ccc(Cl)cc1Cl. The summed E-state index contributed by atoms with van der Waals surface area (Å²) in [7, 11) is 0. The van der Waals surface area contributed by atoms with Crippen molar-refractivity contribution in [2.75, 3.05) is 11.9 Å². The van der Waals surface area contributed by atoms with E-state index in [-0.39, 0.29) is 24.2 Å². The van der Waals surface area contributed by atoms with E-state index < -0.39 is 4.92 Å². The van der Waals surface area contributed by atoms with E-state index in [1.807, 2.05) is 6.92 Å². The average molecular weight is 382 g/mol. The standard InChI is InChI=1S/C17H17Cl2N3O3/c1-10-3-5-13(22(24)25)8-16(10)21-17(23)9-20-11(2)14-6-4-12(18)7-15(14)19/h3-8,11,20H,9H2,1-2H3,(H,21,23)/t11-/m0/s1. The van der Waals surface area contributed by atoms with Gasteiger partial charge in [-0.15, -0.1) is 0 Å². The van der Waals surface area contributed by atoms with E-state index in [0.717, 1.165) is 11.1 Å². The molecule has 0 unspecified atom stereocenters. The van der Waals surface area contributed by atoms with Crippen molar-refractivity contribution in [1.29, 1.82) is 0 Å². The summed E-state index contributed by atoms with van der Waals surface area (Å²) in [5, 5.41) is 17.6. The maximum absolute atomic E-state index is 12.1. The molecule has 0 saturated heterocycles. The summed E-state index contributed by atoms with van der Waals surface area (Å²) in [4.78, 5) is 22.5. The highest BCUT2D eigenvalue weighted by molar-refractivity contribution is 6.35. The second-order valence-corrected chi connectivity index (χ2v) is 6.42. The van der Waals surface area contributed by atoms with E-state index in [1.165, 1.54) is 12.1 Å². The monoisotopic (exact) mass is 381 g/mol. The summed E-state index contributed by atoms with van der Waals surface area (Å²) in [6, 6.07) is 9.33. The summed E-state index contributed by atoms with van der Waals surface area (Å²) in [6.45, 7) is 3.67. The van der Waals surface area contributed by atoms with Gasteiger partial charge in [0.2, 0.25) is 5.91 Å². The molecule has 0 radical (unpaired) electrons. The van der Waals surface area contributed by atoms with Crippen molar-refractivity contribution >= 4 is 40.5 Å². The van der Waals surface area contributed by atoms with Gasteiger partial charge in [0.15, 0.2) is 0 Å². The Morgan fingerprint density at radius 1 is 1.24 bits per heavy atom. The zero-order valence-electron chi connectivity index (χ0n) is 13.7. The lowest BCUT2D eigenvalue weighted by atomic mass is 10.1. The second-order valence-electron chi connectivity index (χ2n) is 5.57. The molecule has 1 atom stereocenters. The molecule has 6 nitrogen and oxygen atoms in total. The number of benzene rings is 2. The predicted octanol–water partition coefficient (Wildman–Crippen LogP) is 4.50. The highest BCUT2D eigenvalue weighted by Crippen LogP contribution is 2.26. The molecule has 0 aliphatic heterocycles. The molecule has 0 fully saturated rings. The molecule has 0 aliphatic carbocycles. The first-order chi connectivity index (χ1) is 11.8. The highest BCUT2D eigenvalue weighted by Gasteiger charge is 2.14. The molecule has 25 heavy (non-hydrogen) atoms. The van der Waals surface area contributed by atoms with Crippen LogP contribution in [-0.4, -0.2) is 17.4 Å². The number of aryl methyl sites for hydroxylation is 1. The second kappa shape index (κ2) is 8.29. The van der Waals surface area contributed by atoms with Crippen LogP contribution in [0.5, 0.6) is 0 Å². The molecule has 0 aliphatic rings. The number of hydrogen-bond donors (Lipinski definition) is 2. The molecule has 1 amide bonds. The van der Waals surface area contributed by atoms with Crippen LogP contribution in [0.1, 0.15) is 24.1 Å². The Morgan fingerprint density at radius 2 is 1.96 bits per heavy atom. The van der Waals surface area contributed by atoms with Crippen molar-refractivity contribution in [3.63, 3.8) is 0 Å². The van der Waals surface area contributed by atoms with Gasteiger partial charge in [-0.3, -0.25) is 14.9 Å².